The summed E-state index contributed by atoms with van der Waals surface area (Å²) in [6.45, 7) is 3.79. The molecule has 0 unspecified atom stereocenters. The number of hydrogen-bond acceptors (Lipinski definition) is 1. The van der Waals surface area contributed by atoms with E-state index in [2.05, 4.69) is 0 Å². The molecule has 0 aliphatic heterocycles. The molecule has 0 amide bonds. The van der Waals surface area contributed by atoms with Crippen molar-refractivity contribution >= 4 is 8.32 Å². The van der Waals surface area contributed by atoms with E-state index >= 15 is 0 Å². The summed E-state index contributed by atoms with van der Waals surface area (Å²) in [7, 11) is -0.727. The fourth-order valence-corrected chi connectivity index (χ4v) is 4.63. The normalized spacial score (nSPS) is 11.9. The molecule has 0 heterocycles. The van der Waals surface area contributed by atoms with Gasteiger partial charge in [-0.15, -0.1) is 0 Å². The second-order valence-electron chi connectivity index (χ2n) is 4.23. The Hall–Kier alpha value is -0.883. The van der Waals surface area contributed by atoms with Crippen molar-refractivity contribution in [3.8, 4) is 0 Å². The first kappa shape index (κ1) is 15.2. The molecule has 0 saturated carbocycles. The van der Waals surface area contributed by atoms with Gasteiger partial charge in [0.05, 0.1) is 0 Å². The Bertz CT molecular complexity index is 424. The number of benzene rings is 1. The Balaban J connectivity index is 3.19. The van der Waals surface area contributed by atoms with E-state index in [1.165, 1.54) is 7.11 Å². The molecule has 0 saturated heterocycles. The van der Waals surface area contributed by atoms with Gasteiger partial charge in [0.15, 0.2) is 31.6 Å². The molecule has 18 heavy (non-hydrogen) atoms. The van der Waals surface area contributed by atoms with Crippen molar-refractivity contribution in [3.05, 3.63) is 34.9 Å². The molecule has 0 bridgehead atoms. The van der Waals surface area contributed by atoms with Crippen LogP contribution in [0.3, 0.4) is 0 Å². The lowest BCUT2D eigenvalue weighted by Gasteiger charge is -2.27. The number of rotatable bonds is 5. The minimum Gasteiger partial charge on any atom is -0.420 e. The first-order valence-electron chi connectivity index (χ1n) is 5.77. The molecule has 1 aromatic carbocycles. The summed E-state index contributed by atoms with van der Waals surface area (Å²) >= 11 is 0. The summed E-state index contributed by atoms with van der Waals surface area (Å²) < 4.78 is 58.1. The van der Waals surface area contributed by atoms with Gasteiger partial charge in [-0.1, -0.05) is 13.8 Å². The van der Waals surface area contributed by atoms with Crippen LogP contribution in [0.1, 0.15) is 19.4 Å². The van der Waals surface area contributed by atoms with E-state index in [1.807, 2.05) is 13.8 Å². The predicted octanol–water partition coefficient (Wildman–Crippen LogP) is 3.96. The molecule has 0 radical (unpaired) electrons. The van der Waals surface area contributed by atoms with E-state index in [-0.39, 0.29) is 11.6 Å². The maximum atomic E-state index is 13.6. The van der Waals surface area contributed by atoms with Crippen molar-refractivity contribution in [2.45, 2.75) is 32.0 Å². The van der Waals surface area contributed by atoms with Crippen LogP contribution in [0.15, 0.2) is 6.07 Å². The summed E-state index contributed by atoms with van der Waals surface area (Å²) in [5, 5.41) is 0. The summed E-state index contributed by atoms with van der Waals surface area (Å²) in [4.78, 5) is 0. The van der Waals surface area contributed by atoms with Gasteiger partial charge in [0, 0.05) is 7.11 Å². The summed E-state index contributed by atoms with van der Waals surface area (Å²) in [6.07, 6.45) is 0. The van der Waals surface area contributed by atoms with Crippen molar-refractivity contribution in [1.82, 2.24) is 0 Å². The third kappa shape index (κ3) is 2.75. The largest absolute Gasteiger partial charge is 0.420 e. The molecule has 0 spiro atoms. The zero-order chi connectivity index (χ0) is 13.9. The van der Waals surface area contributed by atoms with Crippen molar-refractivity contribution in [2.75, 3.05) is 7.11 Å². The smallest absolute Gasteiger partial charge is 0.197 e. The van der Waals surface area contributed by atoms with E-state index in [9.17, 15) is 17.6 Å². The lowest BCUT2D eigenvalue weighted by Crippen LogP contribution is -2.39. The third-order valence-electron chi connectivity index (χ3n) is 3.41. The van der Waals surface area contributed by atoms with Gasteiger partial charge in [-0.05, 0) is 29.8 Å². The molecular formula is C12H16F4OSi. The van der Waals surface area contributed by atoms with E-state index in [0.717, 1.165) is 6.07 Å². The van der Waals surface area contributed by atoms with Gasteiger partial charge in [0.2, 0.25) is 0 Å². The maximum Gasteiger partial charge on any atom is 0.197 e. The molecule has 6 heteroatoms. The number of hydrogen-bond donors (Lipinski definition) is 0. The molecule has 1 rings (SSSR count). The van der Waals surface area contributed by atoms with E-state index in [4.69, 9.17) is 4.43 Å². The average molecular weight is 280 g/mol. The molecule has 1 nitrogen and oxygen atoms in total. The van der Waals surface area contributed by atoms with Crippen molar-refractivity contribution in [3.63, 3.8) is 0 Å². The fraction of sp³-hybridized carbons (Fsp3) is 0.500. The van der Waals surface area contributed by atoms with Gasteiger partial charge in [-0.25, -0.2) is 17.6 Å². The van der Waals surface area contributed by atoms with Gasteiger partial charge in [0.1, 0.15) is 0 Å². The Morgan fingerprint density at radius 3 is 2.00 bits per heavy atom. The Kier molecular flexibility index (Phi) is 4.92. The highest BCUT2D eigenvalue weighted by molar-refractivity contribution is 6.73. The summed E-state index contributed by atoms with van der Waals surface area (Å²) in [6, 6.07) is 2.25. The standard InChI is InChI=1S/C12H16F4OSi/c1-4-18(5-2,17-3)7-8-6-9(13)11(15)12(16)10(8)14/h6H,4-5,7H2,1-3H3. The van der Waals surface area contributed by atoms with Gasteiger partial charge in [0.25, 0.3) is 0 Å². The zero-order valence-corrected chi connectivity index (χ0v) is 11.6. The molecule has 0 aliphatic carbocycles. The molecule has 1 aromatic rings. The van der Waals surface area contributed by atoms with Gasteiger partial charge in [-0.3, -0.25) is 0 Å². The third-order valence-corrected chi connectivity index (χ3v) is 7.88. The lowest BCUT2D eigenvalue weighted by atomic mass is 10.2. The van der Waals surface area contributed by atoms with Crippen molar-refractivity contribution in [2.24, 2.45) is 0 Å². The van der Waals surface area contributed by atoms with Crippen molar-refractivity contribution < 1.29 is 22.0 Å². The second-order valence-corrected chi connectivity index (χ2v) is 8.77. The lowest BCUT2D eigenvalue weighted by molar-refractivity contribution is 0.384. The molecule has 102 valence electrons. The van der Waals surface area contributed by atoms with E-state index in [1.54, 1.807) is 0 Å². The Labute approximate surface area is 105 Å². The topological polar surface area (TPSA) is 9.23 Å². The molecular weight excluding hydrogens is 264 g/mol. The number of halogens is 4. The minimum atomic E-state index is -2.25. The highest BCUT2D eigenvalue weighted by Crippen LogP contribution is 2.26. The summed E-state index contributed by atoms with van der Waals surface area (Å²) in [5.41, 5.74) is -0.149. The van der Waals surface area contributed by atoms with Gasteiger partial charge >= 0.3 is 0 Å². The molecule has 0 aromatic heterocycles. The molecule has 0 aliphatic rings. The van der Waals surface area contributed by atoms with Crippen LogP contribution in [0.25, 0.3) is 0 Å². The monoisotopic (exact) mass is 280 g/mol. The molecule has 0 fully saturated rings. The minimum absolute atomic E-state index is 0.135. The van der Waals surface area contributed by atoms with E-state index < -0.39 is 31.6 Å². The van der Waals surface area contributed by atoms with E-state index in [0.29, 0.717) is 12.1 Å². The van der Waals surface area contributed by atoms with Gasteiger partial charge < -0.3 is 4.43 Å². The second kappa shape index (κ2) is 5.84. The first-order chi connectivity index (χ1) is 8.40. The Morgan fingerprint density at radius 1 is 1.00 bits per heavy atom. The summed E-state index contributed by atoms with van der Waals surface area (Å²) in [5.74, 6) is -6.20. The van der Waals surface area contributed by atoms with Crippen LogP contribution < -0.4 is 0 Å². The van der Waals surface area contributed by atoms with Crippen LogP contribution in [0, 0.1) is 23.3 Å². The fourth-order valence-electron chi connectivity index (χ4n) is 1.96. The highest BCUT2D eigenvalue weighted by atomic mass is 28.4. The van der Waals surface area contributed by atoms with Crippen LogP contribution >= 0.6 is 0 Å². The SMILES string of the molecule is CC[Si](CC)(Cc1cc(F)c(F)c(F)c1F)OC. The predicted molar refractivity (Wildman–Crippen MR) is 63.7 cm³/mol. The molecule has 0 N–H and O–H groups in total. The van der Waals surface area contributed by atoms with Crippen LogP contribution in [0.5, 0.6) is 0 Å². The maximum absolute atomic E-state index is 13.6. The molecule has 0 atom stereocenters. The van der Waals surface area contributed by atoms with Crippen LogP contribution in [-0.2, 0) is 10.5 Å². The van der Waals surface area contributed by atoms with Crippen LogP contribution in [0.2, 0.25) is 12.1 Å². The van der Waals surface area contributed by atoms with Crippen LogP contribution in [-0.4, -0.2) is 15.4 Å². The van der Waals surface area contributed by atoms with Crippen LogP contribution in [0.4, 0.5) is 17.6 Å². The highest BCUT2D eigenvalue weighted by Gasteiger charge is 2.32. The van der Waals surface area contributed by atoms with Crippen molar-refractivity contribution in [1.29, 1.82) is 0 Å². The Morgan fingerprint density at radius 2 is 1.56 bits per heavy atom. The zero-order valence-electron chi connectivity index (χ0n) is 10.6. The quantitative estimate of drug-likeness (QED) is 0.343. The van der Waals surface area contributed by atoms with Gasteiger partial charge in [-0.2, -0.15) is 0 Å². The average Bonchev–Trinajstić information content (AvgIpc) is 2.39. The first-order valence-corrected chi connectivity index (χ1v) is 8.30.